The van der Waals surface area contributed by atoms with Gasteiger partial charge in [-0.1, -0.05) is 23.7 Å². The zero-order valence-electron chi connectivity index (χ0n) is 12.1. The lowest BCUT2D eigenvalue weighted by atomic mass is 10.1. The van der Waals surface area contributed by atoms with Gasteiger partial charge in [0.1, 0.15) is 6.10 Å². The molecule has 0 radical (unpaired) electrons. The molecule has 0 N–H and O–H groups in total. The molecule has 1 aromatic carbocycles. The topological polar surface area (TPSA) is 30.3 Å². The Balaban J connectivity index is 2.20. The van der Waals surface area contributed by atoms with Crippen LogP contribution >= 0.6 is 11.6 Å². The van der Waals surface area contributed by atoms with Crippen LogP contribution in [0.15, 0.2) is 36.5 Å². The van der Waals surface area contributed by atoms with Gasteiger partial charge >= 0.3 is 0 Å². The van der Waals surface area contributed by atoms with E-state index in [1.54, 1.807) is 6.20 Å². The highest BCUT2D eigenvalue weighted by Crippen LogP contribution is 2.26. The van der Waals surface area contributed by atoms with E-state index in [2.05, 4.69) is 10.00 Å². The average molecular weight is 294 g/mol. The van der Waals surface area contributed by atoms with Crippen molar-refractivity contribution in [2.24, 2.45) is 7.05 Å². The molecule has 0 fully saturated rings. The van der Waals surface area contributed by atoms with Crippen LogP contribution in [-0.4, -0.2) is 41.9 Å². The summed E-state index contributed by atoms with van der Waals surface area (Å²) in [6.07, 6.45) is 1.66. The van der Waals surface area contributed by atoms with Gasteiger partial charge in [-0.05, 0) is 37.9 Å². The van der Waals surface area contributed by atoms with E-state index in [0.717, 1.165) is 22.8 Å². The lowest BCUT2D eigenvalue weighted by molar-refractivity contribution is 0.0639. The van der Waals surface area contributed by atoms with Crippen molar-refractivity contribution in [3.05, 3.63) is 52.8 Å². The first kappa shape index (κ1) is 15.0. The second-order valence-electron chi connectivity index (χ2n) is 4.99. The van der Waals surface area contributed by atoms with Crippen LogP contribution in [0.1, 0.15) is 17.4 Å². The SMILES string of the molecule is CN(C)CCOC(c1ccc(Cl)cc1)c1ccnn1C. The van der Waals surface area contributed by atoms with Crippen molar-refractivity contribution >= 4 is 11.6 Å². The predicted octanol–water partition coefficient (Wildman–Crippen LogP) is 2.74. The normalized spacial score (nSPS) is 12.8. The van der Waals surface area contributed by atoms with E-state index >= 15 is 0 Å². The highest BCUT2D eigenvalue weighted by atomic mass is 35.5. The third kappa shape index (κ3) is 3.82. The van der Waals surface area contributed by atoms with Crippen LogP contribution in [0, 0.1) is 0 Å². The lowest BCUT2D eigenvalue weighted by Gasteiger charge is -2.20. The maximum Gasteiger partial charge on any atom is 0.124 e. The fraction of sp³-hybridized carbons (Fsp3) is 0.400. The second kappa shape index (κ2) is 6.88. The summed E-state index contributed by atoms with van der Waals surface area (Å²) in [4.78, 5) is 2.10. The molecular weight excluding hydrogens is 274 g/mol. The zero-order valence-corrected chi connectivity index (χ0v) is 12.8. The van der Waals surface area contributed by atoms with E-state index in [-0.39, 0.29) is 6.10 Å². The highest BCUT2D eigenvalue weighted by molar-refractivity contribution is 6.30. The largest absolute Gasteiger partial charge is 0.366 e. The zero-order chi connectivity index (χ0) is 14.5. The molecule has 0 aliphatic rings. The summed E-state index contributed by atoms with van der Waals surface area (Å²) in [5.41, 5.74) is 2.11. The third-order valence-electron chi connectivity index (χ3n) is 3.12. The van der Waals surface area contributed by atoms with E-state index in [4.69, 9.17) is 16.3 Å². The molecule has 0 saturated carbocycles. The van der Waals surface area contributed by atoms with E-state index in [1.807, 2.05) is 56.2 Å². The summed E-state index contributed by atoms with van der Waals surface area (Å²) in [6, 6.07) is 9.74. The number of nitrogens with zero attached hydrogens (tertiary/aromatic N) is 3. The van der Waals surface area contributed by atoms with E-state index in [0.29, 0.717) is 6.61 Å². The average Bonchev–Trinajstić information content (AvgIpc) is 2.82. The van der Waals surface area contributed by atoms with Crippen LogP contribution in [-0.2, 0) is 11.8 Å². The Morgan fingerprint density at radius 2 is 1.95 bits per heavy atom. The molecule has 2 rings (SSSR count). The smallest absolute Gasteiger partial charge is 0.124 e. The van der Waals surface area contributed by atoms with Crippen LogP contribution in [0.25, 0.3) is 0 Å². The fourth-order valence-electron chi connectivity index (χ4n) is 1.98. The molecule has 0 aliphatic carbocycles. The van der Waals surface area contributed by atoms with E-state index in [9.17, 15) is 0 Å². The van der Waals surface area contributed by atoms with Gasteiger partial charge in [0.05, 0.1) is 12.3 Å². The molecule has 1 atom stereocenters. The summed E-state index contributed by atoms with van der Waals surface area (Å²) in [7, 11) is 5.99. The van der Waals surface area contributed by atoms with Crippen molar-refractivity contribution in [2.75, 3.05) is 27.2 Å². The molecule has 0 saturated heterocycles. The minimum Gasteiger partial charge on any atom is -0.366 e. The number of rotatable bonds is 6. The number of aryl methyl sites for hydroxylation is 1. The van der Waals surface area contributed by atoms with Gasteiger partial charge in [-0.3, -0.25) is 4.68 Å². The Bertz CT molecular complexity index is 536. The molecule has 5 heteroatoms. The maximum absolute atomic E-state index is 6.06. The molecular formula is C15H20ClN3O. The first-order valence-electron chi connectivity index (χ1n) is 6.57. The van der Waals surface area contributed by atoms with E-state index in [1.165, 1.54) is 0 Å². The summed E-state index contributed by atoms with van der Waals surface area (Å²) in [5, 5.41) is 4.95. The van der Waals surface area contributed by atoms with Crippen LogP contribution in [0.2, 0.25) is 5.02 Å². The molecule has 2 aromatic rings. The Labute approximate surface area is 124 Å². The Hall–Kier alpha value is -1.36. The van der Waals surface area contributed by atoms with E-state index < -0.39 is 0 Å². The predicted molar refractivity (Wildman–Crippen MR) is 81.0 cm³/mol. The molecule has 0 aliphatic heterocycles. The molecule has 1 aromatic heterocycles. The Morgan fingerprint density at radius 3 is 2.50 bits per heavy atom. The quantitative estimate of drug-likeness (QED) is 0.820. The van der Waals surface area contributed by atoms with Crippen molar-refractivity contribution in [2.45, 2.75) is 6.10 Å². The monoisotopic (exact) mass is 293 g/mol. The van der Waals surface area contributed by atoms with Crippen LogP contribution < -0.4 is 0 Å². The van der Waals surface area contributed by atoms with Crippen molar-refractivity contribution in [1.29, 1.82) is 0 Å². The number of aromatic nitrogens is 2. The molecule has 0 spiro atoms. The first-order valence-corrected chi connectivity index (χ1v) is 6.95. The Kier molecular flexibility index (Phi) is 5.17. The van der Waals surface area contributed by atoms with Crippen molar-refractivity contribution in [3.63, 3.8) is 0 Å². The standard InChI is InChI=1S/C15H20ClN3O/c1-18(2)10-11-20-15(14-8-9-17-19(14)3)12-4-6-13(16)7-5-12/h4-9,15H,10-11H2,1-3H3. The Morgan fingerprint density at radius 1 is 1.25 bits per heavy atom. The molecule has 1 heterocycles. The molecule has 0 bridgehead atoms. The van der Waals surface area contributed by atoms with Gasteiger partial charge < -0.3 is 9.64 Å². The van der Waals surface area contributed by atoms with Gasteiger partial charge in [0.25, 0.3) is 0 Å². The van der Waals surface area contributed by atoms with Crippen molar-refractivity contribution in [3.8, 4) is 0 Å². The van der Waals surface area contributed by atoms with Crippen molar-refractivity contribution in [1.82, 2.24) is 14.7 Å². The molecule has 108 valence electrons. The van der Waals surface area contributed by atoms with Crippen LogP contribution in [0.3, 0.4) is 0 Å². The van der Waals surface area contributed by atoms with Gasteiger partial charge in [0.2, 0.25) is 0 Å². The number of benzene rings is 1. The molecule has 1 unspecified atom stereocenters. The van der Waals surface area contributed by atoms with Gasteiger partial charge in [0.15, 0.2) is 0 Å². The molecule has 20 heavy (non-hydrogen) atoms. The first-order chi connectivity index (χ1) is 9.58. The highest BCUT2D eigenvalue weighted by Gasteiger charge is 2.18. The summed E-state index contributed by atoms with van der Waals surface area (Å²) < 4.78 is 7.90. The van der Waals surface area contributed by atoms with Crippen LogP contribution in [0.4, 0.5) is 0 Å². The van der Waals surface area contributed by atoms with Crippen LogP contribution in [0.5, 0.6) is 0 Å². The molecule has 0 amide bonds. The third-order valence-corrected chi connectivity index (χ3v) is 3.38. The minimum absolute atomic E-state index is 0.125. The second-order valence-corrected chi connectivity index (χ2v) is 5.42. The fourth-order valence-corrected chi connectivity index (χ4v) is 2.11. The van der Waals surface area contributed by atoms with Crippen molar-refractivity contribution < 1.29 is 4.74 Å². The summed E-state index contributed by atoms with van der Waals surface area (Å²) in [6.45, 7) is 1.54. The maximum atomic E-state index is 6.06. The summed E-state index contributed by atoms with van der Waals surface area (Å²) in [5.74, 6) is 0. The number of hydrogen-bond acceptors (Lipinski definition) is 3. The van der Waals surface area contributed by atoms with Gasteiger partial charge in [-0.15, -0.1) is 0 Å². The van der Waals surface area contributed by atoms with Gasteiger partial charge in [0, 0.05) is 24.8 Å². The number of likely N-dealkylation sites (N-methyl/N-ethyl adjacent to an activating group) is 1. The molecule has 4 nitrogen and oxygen atoms in total. The number of halogens is 1. The minimum atomic E-state index is -0.125. The lowest BCUT2D eigenvalue weighted by Crippen LogP contribution is -2.20. The van der Waals surface area contributed by atoms with Gasteiger partial charge in [-0.25, -0.2) is 0 Å². The number of ether oxygens (including phenoxy) is 1. The summed E-state index contributed by atoms with van der Waals surface area (Å²) >= 11 is 5.95. The number of hydrogen-bond donors (Lipinski definition) is 0. The van der Waals surface area contributed by atoms with Gasteiger partial charge in [-0.2, -0.15) is 5.10 Å².